The highest BCUT2D eigenvalue weighted by atomic mass is 19.1. The van der Waals surface area contributed by atoms with Gasteiger partial charge in [0.25, 0.3) is 0 Å². The molecule has 0 radical (unpaired) electrons. The molecule has 6 nitrogen and oxygen atoms in total. The minimum Gasteiger partial charge on any atom is -0.477 e. The third kappa shape index (κ3) is 2.39. The van der Waals surface area contributed by atoms with Gasteiger partial charge >= 0.3 is 5.97 Å². The molecule has 26 heavy (non-hydrogen) atoms. The van der Waals surface area contributed by atoms with Gasteiger partial charge in [0.2, 0.25) is 5.43 Å². The smallest absolute Gasteiger partial charge is 0.341 e. The first-order valence-electron chi connectivity index (χ1n) is 8.66. The van der Waals surface area contributed by atoms with E-state index in [1.165, 1.54) is 4.57 Å². The molecule has 0 bridgehead atoms. The van der Waals surface area contributed by atoms with Gasteiger partial charge in [-0.25, -0.2) is 13.6 Å². The molecule has 1 aromatic heterocycles. The van der Waals surface area contributed by atoms with Crippen LogP contribution in [0.4, 0.5) is 14.5 Å². The van der Waals surface area contributed by atoms with E-state index in [0.717, 1.165) is 25.4 Å². The molecule has 0 saturated carbocycles. The summed E-state index contributed by atoms with van der Waals surface area (Å²) in [5, 5.41) is 12.2. The van der Waals surface area contributed by atoms with E-state index in [0.29, 0.717) is 24.9 Å². The zero-order valence-corrected chi connectivity index (χ0v) is 14.3. The van der Waals surface area contributed by atoms with Crippen LogP contribution in [0, 0.1) is 23.5 Å². The van der Waals surface area contributed by atoms with E-state index in [1.54, 1.807) is 11.8 Å². The van der Waals surface area contributed by atoms with Crippen molar-refractivity contribution in [3.05, 3.63) is 39.7 Å². The summed E-state index contributed by atoms with van der Waals surface area (Å²) in [6.45, 7) is 4.75. The average Bonchev–Trinajstić information content (AvgIpc) is 3.17. The summed E-state index contributed by atoms with van der Waals surface area (Å²) in [5.41, 5.74) is -1.54. The molecule has 4 rings (SSSR count). The molecule has 2 aliphatic rings. The van der Waals surface area contributed by atoms with Gasteiger partial charge in [0.1, 0.15) is 17.1 Å². The van der Waals surface area contributed by atoms with Crippen LogP contribution in [0.5, 0.6) is 0 Å². The molecule has 8 heteroatoms. The molecule has 2 fully saturated rings. The van der Waals surface area contributed by atoms with E-state index < -0.39 is 28.6 Å². The number of carboxylic acid groups (broad SMARTS) is 1. The molecule has 3 heterocycles. The number of carboxylic acids is 1. The van der Waals surface area contributed by atoms with Gasteiger partial charge in [-0.05, 0) is 24.8 Å². The summed E-state index contributed by atoms with van der Waals surface area (Å²) < 4.78 is 31.4. The molecule has 2 saturated heterocycles. The number of fused-ring (bicyclic) bond motifs is 2. The van der Waals surface area contributed by atoms with E-state index in [2.05, 4.69) is 5.32 Å². The van der Waals surface area contributed by atoms with Crippen molar-refractivity contribution in [1.29, 1.82) is 0 Å². The number of benzene rings is 1. The van der Waals surface area contributed by atoms with Crippen molar-refractivity contribution < 1.29 is 18.7 Å². The number of halogens is 2. The van der Waals surface area contributed by atoms with Crippen LogP contribution >= 0.6 is 0 Å². The molecule has 2 aliphatic heterocycles. The molecule has 2 atom stereocenters. The lowest BCUT2D eigenvalue weighted by Gasteiger charge is -2.23. The Morgan fingerprint density at radius 2 is 1.96 bits per heavy atom. The number of pyridine rings is 1. The normalized spacial score (nSPS) is 22.2. The highest BCUT2D eigenvalue weighted by Crippen LogP contribution is 2.36. The average molecular weight is 363 g/mol. The number of nitrogens with zero attached hydrogens (tertiary/aromatic N) is 2. The Morgan fingerprint density at radius 3 is 2.54 bits per heavy atom. The van der Waals surface area contributed by atoms with Crippen molar-refractivity contribution >= 4 is 22.6 Å². The third-order valence-electron chi connectivity index (χ3n) is 5.51. The van der Waals surface area contributed by atoms with Gasteiger partial charge in [0, 0.05) is 38.9 Å². The van der Waals surface area contributed by atoms with Crippen molar-refractivity contribution in [3.8, 4) is 0 Å². The van der Waals surface area contributed by atoms with Gasteiger partial charge in [-0.1, -0.05) is 0 Å². The molecule has 138 valence electrons. The largest absolute Gasteiger partial charge is 0.477 e. The predicted octanol–water partition coefficient (Wildman–Crippen LogP) is 1.65. The maximum Gasteiger partial charge on any atom is 0.341 e. The van der Waals surface area contributed by atoms with Gasteiger partial charge in [-0.2, -0.15) is 0 Å². The minimum atomic E-state index is -1.41. The first-order valence-corrected chi connectivity index (χ1v) is 8.66. The maximum absolute atomic E-state index is 15.3. The molecule has 0 spiro atoms. The Balaban J connectivity index is 1.93. The fraction of sp³-hybridized carbons (Fsp3) is 0.444. The summed E-state index contributed by atoms with van der Waals surface area (Å²) in [4.78, 5) is 25.4. The van der Waals surface area contributed by atoms with E-state index in [4.69, 9.17) is 0 Å². The Morgan fingerprint density at radius 1 is 1.31 bits per heavy atom. The van der Waals surface area contributed by atoms with Crippen LogP contribution in [0.2, 0.25) is 0 Å². The van der Waals surface area contributed by atoms with Crippen LogP contribution in [-0.4, -0.2) is 41.8 Å². The molecule has 0 aliphatic carbocycles. The van der Waals surface area contributed by atoms with Crippen molar-refractivity contribution in [2.75, 3.05) is 31.1 Å². The van der Waals surface area contributed by atoms with Crippen LogP contribution in [-0.2, 0) is 6.54 Å². The Kier molecular flexibility index (Phi) is 3.95. The lowest BCUT2D eigenvalue weighted by molar-refractivity contribution is 0.0695. The second-order valence-corrected chi connectivity index (χ2v) is 6.96. The molecule has 1 aromatic carbocycles. The van der Waals surface area contributed by atoms with Crippen LogP contribution in [0.15, 0.2) is 17.1 Å². The van der Waals surface area contributed by atoms with E-state index in [9.17, 15) is 19.1 Å². The lowest BCUT2D eigenvalue weighted by Crippen LogP contribution is -2.28. The Labute approximate surface area is 148 Å². The number of anilines is 1. The second-order valence-electron chi connectivity index (χ2n) is 6.96. The molecular weight excluding hydrogens is 344 g/mol. The van der Waals surface area contributed by atoms with Gasteiger partial charge in [0.05, 0.1) is 10.9 Å². The van der Waals surface area contributed by atoms with E-state index >= 15 is 4.39 Å². The van der Waals surface area contributed by atoms with Crippen molar-refractivity contribution in [2.24, 2.45) is 11.8 Å². The summed E-state index contributed by atoms with van der Waals surface area (Å²) in [7, 11) is 0. The van der Waals surface area contributed by atoms with Crippen molar-refractivity contribution in [3.63, 3.8) is 0 Å². The number of nitrogens with one attached hydrogen (secondary N) is 1. The van der Waals surface area contributed by atoms with E-state index in [1.807, 2.05) is 0 Å². The zero-order chi connectivity index (χ0) is 18.6. The second kappa shape index (κ2) is 6.05. The van der Waals surface area contributed by atoms with Crippen LogP contribution in [0.1, 0.15) is 17.3 Å². The topological polar surface area (TPSA) is 74.6 Å². The van der Waals surface area contributed by atoms with Gasteiger partial charge in [-0.3, -0.25) is 4.79 Å². The highest BCUT2D eigenvalue weighted by Gasteiger charge is 2.38. The molecular formula is C18H19F2N3O3. The number of carbonyl (C=O) groups is 1. The Hall–Kier alpha value is -2.48. The third-order valence-corrected chi connectivity index (χ3v) is 5.51. The predicted molar refractivity (Wildman–Crippen MR) is 92.8 cm³/mol. The van der Waals surface area contributed by atoms with Gasteiger partial charge in [0.15, 0.2) is 5.82 Å². The minimum absolute atomic E-state index is 0.0471. The summed E-state index contributed by atoms with van der Waals surface area (Å²) in [5.74, 6) is -2.34. The van der Waals surface area contributed by atoms with Gasteiger partial charge in [-0.15, -0.1) is 0 Å². The molecule has 2 unspecified atom stereocenters. The first-order chi connectivity index (χ1) is 12.4. The van der Waals surface area contributed by atoms with Crippen molar-refractivity contribution in [2.45, 2.75) is 13.5 Å². The number of hydrogen-bond donors (Lipinski definition) is 2. The number of aromatic carboxylic acids is 1. The summed E-state index contributed by atoms with van der Waals surface area (Å²) in [6, 6.07) is 0.973. The molecule has 2 N–H and O–H groups in total. The summed E-state index contributed by atoms with van der Waals surface area (Å²) >= 11 is 0. The SMILES string of the molecule is CCn1cc(C(=O)O)c(=O)c2cc(F)c(N3CC4CNCC4C3)c(F)c21. The van der Waals surface area contributed by atoms with Crippen LogP contribution in [0.25, 0.3) is 10.9 Å². The molecule has 2 aromatic rings. The fourth-order valence-electron chi connectivity index (χ4n) is 4.21. The number of hydrogen-bond acceptors (Lipinski definition) is 4. The van der Waals surface area contributed by atoms with Gasteiger partial charge < -0.3 is 19.9 Å². The monoisotopic (exact) mass is 363 g/mol. The first kappa shape index (κ1) is 17.0. The lowest BCUT2D eigenvalue weighted by atomic mass is 10.0. The number of rotatable bonds is 3. The highest BCUT2D eigenvalue weighted by molar-refractivity contribution is 5.93. The standard InChI is InChI=1S/C18H19F2N3O3/c1-2-22-8-12(18(25)26)17(24)11-3-13(19)16(14(20)15(11)22)23-6-9-4-21-5-10(9)7-23/h3,8-10,21H,2,4-7H2,1H3,(H,25,26). The fourth-order valence-corrected chi connectivity index (χ4v) is 4.21. The maximum atomic E-state index is 15.3. The van der Waals surface area contributed by atoms with Crippen molar-refractivity contribution in [1.82, 2.24) is 9.88 Å². The number of aryl methyl sites for hydroxylation is 1. The zero-order valence-electron chi connectivity index (χ0n) is 14.3. The van der Waals surface area contributed by atoms with Crippen LogP contribution in [0.3, 0.4) is 0 Å². The number of aromatic nitrogens is 1. The van der Waals surface area contributed by atoms with E-state index in [-0.39, 0.29) is 23.1 Å². The quantitative estimate of drug-likeness (QED) is 0.868. The Bertz CT molecular complexity index is 961. The molecule has 0 amide bonds. The summed E-state index contributed by atoms with van der Waals surface area (Å²) in [6.07, 6.45) is 1.13. The van der Waals surface area contributed by atoms with Crippen LogP contribution < -0.4 is 15.6 Å².